The molecule has 22 heavy (non-hydrogen) atoms. The summed E-state index contributed by atoms with van der Waals surface area (Å²) in [5.74, 6) is 1.16. The quantitative estimate of drug-likeness (QED) is 0.169. The van der Waals surface area contributed by atoms with Crippen LogP contribution in [0.25, 0.3) is 0 Å². The molecular formula is C17H36N2S2Zn. The molecule has 0 bridgehead atoms. The zero-order valence-electron chi connectivity index (χ0n) is 15.4. The van der Waals surface area contributed by atoms with Crippen LogP contribution in [0.5, 0.6) is 0 Å². The van der Waals surface area contributed by atoms with Crippen LogP contribution in [-0.4, -0.2) is 39.7 Å². The first-order valence-corrected chi connectivity index (χ1v) is 10.3. The van der Waals surface area contributed by atoms with E-state index in [0.717, 1.165) is 29.7 Å². The topological polar surface area (TPSA) is 6.48 Å². The average Bonchev–Trinajstić information content (AvgIpc) is 2.49. The van der Waals surface area contributed by atoms with Gasteiger partial charge in [-0.05, 0) is 25.7 Å². The summed E-state index contributed by atoms with van der Waals surface area (Å²) in [6.07, 6.45) is 9.98. The van der Waals surface area contributed by atoms with Gasteiger partial charge in [-0.25, -0.2) is 5.01 Å². The van der Waals surface area contributed by atoms with Crippen molar-refractivity contribution in [3.63, 3.8) is 0 Å². The average molecular weight is 398 g/mol. The van der Waals surface area contributed by atoms with E-state index in [1.165, 1.54) is 51.4 Å². The fourth-order valence-electron chi connectivity index (χ4n) is 2.07. The Labute approximate surface area is 161 Å². The fourth-order valence-corrected chi connectivity index (χ4v) is 3.49. The van der Waals surface area contributed by atoms with Gasteiger partial charge in [0, 0.05) is 44.9 Å². The first-order valence-electron chi connectivity index (χ1n) is 8.90. The molecule has 0 aromatic rings. The van der Waals surface area contributed by atoms with E-state index >= 15 is 0 Å². The van der Waals surface area contributed by atoms with Crippen LogP contribution >= 0.6 is 24.0 Å². The van der Waals surface area contributed by atoms with Crippen molar-refractivity contribution < 1.29 is 19.5 Å². The molecule has 0 aromatic carbocycles. The van der Waals surface area contributed by atoms with Crippen molar-refractivity contribution in [1.29, 1.82) is 0 Å². The second kappa shape index (κ2) is 18.2. The molecule has 0 radical (unpaired) electrons. The molecule has 0 saturated heterocycles. The molecule has 5 heteroatoms. The minimum atomic E-state index is 0. The first-order chi connectivity index (χ1) is 10.2. The van der Waals surface area contributed by atoms with Crippen molar-refractivity contribution >= 4 is 28.3 Å². The molecule has 0 rings (SSSR count). The summed E-state index contributed by atoms with van der Waals surface area (Å²) in [6, 6.07) is 0. The van der Waals surface area contributed by atoms with Crippen molar-refractivity contribution in [2.45, 2.75) is 79.1 Å². The molecule has 0 amide bonds. The van der Waals surface area contributed by atoms with Crippen molar-refractivity contribution in [1.82, 2.24) is 10.0 Å². The van der Waals surface area contributed by atoms with Gasteiger partial charge in [0.05, 0.1) is 0 Å². The molecule has 0 aromatic heterocycles. The standard InChI is InChI=1S/C17H36N2S2.Zn/c1-5-9-13-18(14-10-6-2)19(15-11-7-3)17(20)21-16-12-8-4;/h5-16H2,1-4H3;. The van der Waals surface area contributed by atoms with E-state index in [4.69, 9.17) is 12.2 Å². The van der Waals surface area contributed by atoms with Crippen LogP contribution in [0.2, 0.25) is 0 Å². The maximum absolute atomic E-state index is 5.73. The van der Waals surface area contributed by atoms with Gasteiger partial charge in [-0.15, -0.1) is 0 Å². The van der Waals surface area contributed by atoms with Gasteiger partial charge in [0.25, 0.3) is 0 Å². The Bertz CT molecular complexity index is 245. The SMILES string of the molecule is CCCCSC(=S)N(CCCC)N(CCCC)CCCC.[Zn]. The van der Waals surface area contributed by atoms with E-state index < -0.39 is 0 Å². The minimum absolute atomic E-state index is 0. The number of unbranched alkanes of at least 4 members (excludes halogenated alkanes) is 4. The van der Waals surface area contributed by atoms with Crippen LogP contribution in [0.4, 0.5) is 0 Å². The summed E-state index contributed by atoms with van der Waals surface area (Å²) in [4.78, 5) is 0. The Balaban J connectivity index is 0. The molecule has 128 valence electrons. The third kappa shape index (κ3) is 12.3. The van der Waals surface area contributed by atoms with Crippen molar-refractivity contribution in [2.24, 2.45) is 0 Å². The van der Waals surface area contributed by atoms with E-state index in [1.807, 2.05) is 11.8 Å². The number of hydrogen-bond donors (Lipinski definition) is 0. The van der Waals surface area contributed by atoms with Gasteiger partial charge in [0.2, 0.25) is 0 Å². The molecule has 0 aliphatic heterocycles. The molecule has 0 spiro atoms. The van der Waals surface area contributed by atoms with Crippen LogP contribution in [0.3, 0.4) is 0 Å². The maximum Gasteiger partial charge on any atom is 0.150 e. The smallest absolute Gasteiger partial charge is 0.150 e. The van der Waals surface area contributed by atoms with Crippen LogP contribution in [0.1, 0.15) is 79.1 Å². The Morgan fingerprint density at radius 3 is 1.68 bits per heavy atom. The van der Waals surface area contributed by atoms with Crippen molar-refractivity contribution in [3.8, 4) is 0 Å². The predicted octanol–water partition coefficient (Wildman–Crippen LogP) is 5.72. The van der Waals surface area contributed by atoms with Gasteiger partial charge >= 0.3 is 0 Å². The van der Waals surface area contributed by atoms with Crippen LogP contribution in [-0.2, 0) is 19.5 Å². The Morgan fingerprint density at radius 2 is 1.23 bits per heavy atom. The van der Waals surface area contributed by atoms with E-state index in [9.17, 15) is 0 Å². The molecule has 0 aliphatic rings. The van der Waals surface area contributed by atoms with Gasteiger partial charge < -0.3 is 0 Å². The number of thiocarbonyl (C=S) groups is 1. The van der Waals surface area contributed by atoms with Gasteiger partial charge in [0.1, 0.15) is 0 Å². The molecule has 0 heterocycles. The number of thioether (sulfide) groups is 1. The second-order valence-corrected chi connectivity index (χ2v) is 7.33. The zero-order chi connectivity index (χ0) is 15.9. The summed E-state index contributed by atoms with van der Waals surface area (Å²) >= 11 is 7.60. The number of nitrogens with zero attached hydrogens (tertiary/aromatic N) is 2. The van der Waals surface area contributed by atoms with Crippen LogP contribution < -0.4 is 0 Å². The molecule has 0 fully saturated rings. The zero-order valence-corrected chi connectivity index (χ0v) is 20.0. The maximum atomic E-state index is 5.73. The summed E-state index contributed by atoms with van der Waals surface area (Å²) in [7, 11) is 0. The first kappa shape index (κ1) is 25.1. The van der Waals surface area contributed by atoms with Gasteiger partial charge in [-0.3, -0.25) is 5.01 Å². The van der Waals surface area contributed by atoms with E-state index in [0.29, 0.717) is 0 Å². The van der Waals surface area contributed by atoms with Gasteiger partial charge in [-0.1, -0.05) is 77.4 Å². The number of hydrazine groups is 1. The molecule has 0 unspecified atom stereocenters. The molecule has 0 aliphatic carbocycles. The third-order valence-electron chi connectivity index (χ3n) is 3.54. The van der Waals surface area contributed by atoms with Crippen LogP contribution in [0, 0.1) is 0 Å². The largest absolute Gasteiger partial charge is 0.290 e. The summed E-state index contributed by atoms with van der Waals surface area (Å²) in [5.41, 5.74) is 0. The van der Waals surface area contributed by atoms with E-state index in [1.54, 1.807) is 0 Å². The predicted molar refractivity (Wildman–Crippen MR) is 103 cm³/mol. The normalized spacial score (nSPS) is 10.6. The molecular weight excluding hydrogens is 362 g/mol. The Hall–Kier alpha value is 0.823. The molecule has 0 atom stereocenters. The number of rotatable bonds is 13. The van der Waals surface area contributed by atoms with Crippen LogP contribution in [0.15, 0.2) is 0 Å². The van der Waals surface area contributed by atoms with Gasteiger partial charge in [-0.2, -0.15) is 0 Å². The summed E-state index contributed by atoms with van der Waals surface area (Å²) in [6.45, 7) is 12.4. The summed E-state index contributed by atoms with van der Waals surface area (Å²) in [5, 5.41) is 4.93. The molecule has 0 N–H and O–H groups in total. The Morgan fingerprint density at radius 1 is 0.773 bits per heavy atom. The second-order valence-electron chi connectivity index (χ2n) is 5.61. The van der Waals surface area contributed by atoms with Gasteiger partial charge in [0.15, 0.2) is 4.32 Å². The summed E-state index contributed by atoms with van der Waals surface area (Å²) < 4.78 is 1.09. The Kier molecular flexibility index (Phi) is 20.7. The van der Waals surface area contributed by atoms with Crippen molar-refractivity contribution in [3.05, 3.63) is 0 Å². The third-order valence-corrected chi connectivity index (χ3v) is 5.05. The van der Waals surface area contributed by atoms with Crippen molar-refractivity contribution in [2.75, 3.05) is 25.4 Å². The van der Waals surface area contributed by atoms with E-state index in [-0.39, 0.29) is 19.5 Å². The molecule has 2 nitrogen and oxygen atoms in total. The number of hydrogen-bond acceptors (Lipinski definition) is 3. The minimum Gasteiger partial charge on any atom is -0.290 e. The fraction of sp³-hybridized carbons (Fsp3) is 0.941. The van der Waals surface area contributed by atoms with E-state index in [2.05, 4.69) is 37.7 Å². The monoisotopic (exact) mass is 396 g/mol. The molecule has 0 saturated carbocycles.